The van der Waals surface area contributed by atoms with Crippen molar-refractivity contribution in [2.45, 2.75) is 44.9 Å². The maximum Gasteiger partial charge on any atom is 0.408 e. The Morgan fingerprint density at radius 3 is 2.13 bits per heavy atom. The largest absolute Gasteiger partial charge is 0.508 e. The number of hydrogen-bond acceptors (Lipinski definition) is 6. The van der Waals surface area contributed by atoms with Gasteiger partial charge in [0.1, 0.15) is 29.2 Å². The number of carbonyl (C=O) groups is 3. The molecule has 0 aromatic heterocycles. The van der Waals surface area contributed by atoms with Gasteiger partial charge in [0.2, 0.25) is 5.91 Å². The molecule has 9 nitrogen and oxygen atoms in total. The van der Waals surface area contributed by atoms with Gasteiger partial charge in [0.05, 0.1) is 7.11 Å². The Labute approximate surface area is 228 Å². The number of hydrogen-bond donors (Lipinski definition) is 3. The predicted octanol–water partition coefficient (Wildman–Crippen LogP) is 4.68. The SMILES string of the molecule is COc1ccc(NC(=O)C(c2ccccc2O)N(C)C(=O)C(Cc2ccccc2)NC(=O)OC(C)(C)C)cc1. The average molecular weight is 534 g/mol. The number of phenolic OH excluding ortho intramolecular Hbond substituents is 1. The predicted molar refractivity (Wildman–Crippen MR) is 149 cm³/mol. The second kappa shape index (κ2) is 12.8. The van der Waals surface area contributed by atoms with Gasteiger partial charge in [-0.3, -0.25) is 9.59 Å². The van der Waals surface area contributed by atoms with Crippen LogP contribution in [0.25, 0.3) is 0 Å². The van der Waals surface area contributed by atoms with Crippen molar-refractivity contribution < 1.29 is 29.0 Å². The van der Waals surface area contributed by atoms with Gasteiger partial charge in [0.25, 0.3) is 5.91 Å². The second-order valence-electron chi connectivity index (χ2n) is 10.0. The van der Waals surface area contributed by atoms with Gasteiger partial charge in [0, 0.05) is 24.7 Å². The summed E-state index contributed by atoms with van der Waals surface area (Å²) in [7, 11) is 3.00. The molecular weight excluding hydrogens is 498 g/mol. The van der Waals surface area contributed by atoms with Crippen molar-refractivity contribution in [2.24, 2.45) is 0 Å². The zero-order valence-electron chi connectivity index (χ0n) is 22.8. The van der Waals surface area contributed by atoms with Crippen molar-refractivity contribution in [1.82, 2.24) is 10.2 Å². The smallest absolute Gasteiger partial charge is 0.408 e. The minimum Gasteiger partial charge on any atom is -0.508 e. The highest BCUT2D eigenvalue weighted by atomic mass is 16.6. The van der Waals surface area contributed by atoms with E-state index in [1.165, 1.54) is 18.0 Å². The van der Waals surface area contributed by atoms with Gasteiger partial charge in [-0.05, 0) is 56.7 Å². The molecule has 3 aromatic carbocycles. The quantitative estimate of drug-likeness (QED) is 0.368. The molecule has 0 aliphatic heterocycles. The number of likely N-dealkylation sites (N-methyl/N-ethyl adjacent to an activating group) is 1. The van der Waals surface area contributed by atoms with E-state index in [2.05, 4.69) is 10.6 Å². The highest BCUT2D eigenvalue weighted by molar-refractivity contribution is 5.99. The Hall–Kier alpha value is -4.53. The van der Waals surface area contributed by atoms with E-state index in [9.17, 15) is 19.5 Å². The topological polar surface area (TPSA) is 117 Å². The maximum atomic E-state index is 13.9. The first kappa shape index (κ1) is 29.0. The summed E-state index contributed by atoms with van der Waals surface area (Å²) in [5.41, 5.74) is 0.749. The molecule has 0 bridgehead atoms. The summed E-state index contributed by atoms with van der Waals surface area (Å²) in [6.07, 6.45) is -0.594. The molecule has 3 N–H and O–H groups in total. The number of nitrogens with one attached hydrogen (secondary N) is 2. The van der Waals surface area contributed by atoms with Gasteiger partial charge >= 0.3 is 6.09 Å². The lowest BCUT2D eigenvalue weighted by Gasteiger charge is -2.32. The number of carbonyl (C=O) groups excluding carboxylic acids is 3. The number of rotatable bonds is 9. The van der Waals surface area contributed by atoms with Crippen LogP contribution >= 0.6 is 0 Å². The standard InChI is InChI=1S/C30H35N3O6/c1-30(2,3)39-29(37)32-24(19-20-11-7-6-8-12-20)28(36)33(4)26(23-13-9-10-14-25(23)34)27(35)31-21-15-17-22(38-5)18-16-21/h6-18,24,26,34H,19H2,1-5H3,(H,31,35)(H,32,37). The molecule has 0 saturated carbocycles. The van der Waals surface area contributed by atoms with Crippen LogP contribution in [0.15, 0.2) is 78.9 Å². The molecule has 39 heavy (non-hydrogen) atoms. The van der Waals surface area contributed by atoms with Gasteiger partial charge in [-0.25, -0.2) is 4.79 Å². The molecule has 2 atom stereocenters. The van der Waals surface area contributed by atoms with E-state index in [0.717, 1.165) is 5.56 Å². The van der Waals surface area contributed by atoms with Crippen LogP contribution in [0.3, 0.4) is 0 Å². The molecule has 0 fully saturated rings. The Morgan fingerprint density at radius 1 is 0.923 bits per heavy atom. The van der Waals surface area contributed by atoms with Crippen LogP contribution in [0, 0.1) is 0 Å². The molecule has 0 aliphatic rings. The molecule has 2 unspecified atom stereocenters. The molecule has 0 aliphatic carbocycles. The molecule has 0 heterocycles. The minimum absolute atomic E-state index is 0.147. The molecule has 3 rings (SSSR count). The van der Waals surface area contributed by atoms with E-state index in [4.69, 9.17) is 9.47 Å². The second-order valence-corrected chi connectivity index (χ2v) is 10.0. The number of benzene rings is 3. The Balaban J connectivity index is 1.94. The Bertz CT molecular complexity index is 1270. The lowest BCUT2D eigenvalue weighted by atomic mass is 10.00. The number of amides is 3. The minimum atomic E-state index is -1.21. The third-order valence-corrected chi connectivity index (χ3v) is 5.84. The lowest BCUT2D eigenvalue weighted by molar-refractivity contribution is -0.139. The summed E-state index contributed by atoms with van der Waals surface area (Å²) < 4.78 is 10.6. The first-order chi connectivity index (χ1) is 18.5. The molecule has 9 heteroatoms. The molecule has 3 amide bonds. The Kier molecular flexibility index (Phi) is 9.54. The van der Waals surface area contributed by atoms with Crippen LogP contribution in [0.4, 0.5) is 10.5 Å². The molecule has 0 saturated heterocycles. The Morgan fingerprint density at radius 2 is 1.54 bits per heavy atom. The van der Waals surface area contributed by atoms with Gasteiger partial charge in [-0.2, -0.15) is 0 Å². The number of alkyl carbamates (subject to hydrolysis) is 1. The van der Waals surface area contributed by atoms with Crippen LogP contribution in [-0.2, 0) is 20.7 Å². The van der Waals surface area contributed by atoms with Crippen molar-refractivity contribution in [1.29, 1.82) is 0 Å². The molecule has 0 spiro atoms. The van der Waals surface area contributed by atoms with Crippen molar-refractivity contribution in [2.75, 3.05) is 19.5 Å². The van der Waals surface area contributed by atoms with Crippen molar-refractivity contribution in [3.63, 3.8) is 0 Å². The fraction of sp³-hybridized carbons (Fsp3) is 0.300. The van der Waals surface area contributed by atoms with Crippen molar-refractivity contribution >= 4 is 23.6 Å². The van der Waals surface area contributed by atoms with E-state index in [1.807, 2.05) is 30.3 Å². The highest BCUT2D eigenvalue weighted by Gasteiger charge is 2.35. The fourth-order valence-electron chi connectivity index (χ4n) is 4.00. The summed E-state index contributed by atoms with van der Waals surface area (Å²) in [4.78, 5) is 41.4. The van der Waals surface area contributed by atoms with Crippen LogP contribution < -0.4 is 15.4 Å². The third-order valence-electron chi connectivity index (χ3n) is 5.84. The molecule has 206 valence electrons. The first-order valence-corrected chi connectivity index (χ1v) is 12.5. The third kappa shape index (κ3) is 8.23. The van der Waals surface area contributed by atoms with E-state index in [0.29, 0.717) is 11.4 Å². The number of ether oxygens (including phenoxy) is 2. The van der Waals surface area contributed by atoms with Crippen LogP contribution in [-0.4, -0.2) is 53.7 Å². The van der Waals surface area contributed by atoms with Gasteiger partial charge < -0.3 is 30.1 Å². The highest BCUT2D eigenvalue weighted by Crippen LogP contribution is 2.30. The van der Waals surface area contributed by atoms with E-state index < -0.39 is 35.6 Å². The number of methoxy groups -OCH3 is 1. The van der Waals surface area contributed by atoms with Crippen molar-refractivity contribution in [3.8, 4) is 11.5 Å². The average Bonchev–Trinajstić information content (AvgIpc) is 2.89. The zero-order chi connectivity index (χ0) is 28.6. The van der Waals surface area contributed by atoms with Gasteiger partial charge in [0.15, 0.2) is 0 Å². The number of aromatic hydroxyl groups is 1. The maximum absolute atomic E-state index is 13.9. The molecule has 0 radical (unpaired) electrons. The molecular formula is C30H35N3O6. The van der Waals surface area contributed by atoms with Gasteiger partial charge in [-0.15, -0.1) is 0 Å². The summed E-state index contributed by atoms with van der Waals surface area (Å²) >= 11 is 0. The fourth-order valence-corrected chi connectivity index (χ4v) is 4.00. The summed E-state index contributed by atoms with van der Waals surface area (Å²) in [5.74, 6) is -0.614. The summed E-state index contributed by atoms with van der Waals surface area (Å²) in [5, 5.41) is 16.1. The van der Waals surface area contributed by atoms with Crippen LogP contribution in [0.1, 0.15) is 37.9 Å². The molecule has 3 aromatic rings. The zero-order valence-corrected chi connectivity index (χ0v) is 22.8. The number of anilines is 1. The normalized spacial score (nSPS) is 12.5. The number of nitrogens with zero attached hydrogens (tertiary/aromatic N) is 1. The van der Waals surface area contributed by atoms with Crippen LogP contribution in [0.5, 0.6) is 11.5 Å². The van der Waals surface area contributed by atoms with Gasteiger partial charge in [-0.1, -0.05) is 48.5 Å². The number of para-hydroxylation sites is 1. The van der Waals surface area contributed by atoms with Crippen molar-refractivity contribution in [3.05, 3.63) is 90.0 Å². The monoisotopic (exact) mass is 533 g/mol. The first-order valence-electron chi connectivity index (χ1n) is 12.5. The number of phenols is 1. The summed E-state index contributed by atoms with van der Waals surface area (Å²) in [6, 6.07) is 20.0. The van der Waals surface area contributed by atoms with E-state index >= 15 is 0 Å². The lowest BCUT2D eigenvalue weighted by Crippen LogP contribution is -2.52. The van der Waals surface area contributed by atoms with E-state index in [-0.39, 0.29) is 17.7 Å². The summed E-state index contributed by atoms with van der Waals surface area (Å²) in [6.45, 7) is 5.18. The van der Waals surface area contributed by atoms with E-state index in [1.54, 1.807) is 70.3 Å². The van der Waals surface area contributed by atoms with Crippen LogP contribution in [0.2, 0.25) is 0 Å².